The number of halogens is 3. The van der Waals surface area contributed by atoms with Crippen LogP contribution in [0.4, 0.5) is 13.2 Å². The normalized spacial score (nSPS) is 12.0. The van der Waals surface area contributed by atoms with Crippen LogP contribution in [0, 0.1) is 0 Å². The van der Waals surface area contributed by atoms with Gasteiger partial charge < -0.3 is 4.55 Å². The van der Waals surface area contributed by atoms with Crippen molar-refractivity contribution in [2.45, 2.75) is 11.2 Å². The lowest BCUT2D eigenvalue weighted by atomic mass is 10.0. The van der Waals surface area contributed by atoms with Gasteiger partial charge >= 0.3 is 5.51 Å². The fraction of sp³-hybridized carbons (Fsp3) is 0.100. The second kappa shape index (κ2) is 9.82. The lowest BCUT2D eigenvalue weighted by molar-refractivity contribution is -0.0517. The van der Waals surface area contributed by atoms with Gasteiger partial charge in [0, 0.05) is 8.58 Å². The first-order valence-electron chi connectivity index (χ1n) is 8.20. The molecule has 3 aromatic rings. The first-order valence-corrected chi connectivity index (χ1v) is 10.9. The monoisotopic (exact) mass is 426 g/mol. The number of benzene rings is 3. The van der Waals surface area contributed by atoms with E-state index >= 15 is 0 Å². The molecule has 0 fully saturated rings. The molecule has 8 heteroatoms. The van der Waals surface area contributed by atoms with Crippen molar-refractivity contribution in [2.75, 3.05) is 0 Å². The zero-order valence-electron chi connectivity index (χ0n) is 14.6. The molecule has 148 valence electrons. The molecule has 0 heterocycles. The third kappa shape index (κ3) is 6.75. The van der Waals surface area contributed by atoms with E-state index in [0.29, 0.717) is 5.66 Å². The van der Waals surface area contributed by atoms with Crippen molar-refractivity contribution in [3.8, 4) is 0 Å². The molecular weight excluding hydrogens is 408 g/mol. The van der Waals surface area contributed by atoms with Gasteiger partial charge in [-0.05, 0) is 23.3 Å². The van der Waals surface area contributed by atoms with Gasteiger partial charge in [0.2, 0.25) is 0 Å². The summed E-state index contributed by atoms with van der Waals surface area (Å²) in [7, 11) is -5.91. The molecule has 0 radical (unpaired) electrons. The molecule has 3 nitrogen and oxygen atoms in total. The lowest BCUT2D eigenvalue weighted by Crippen LogP contribution is -2.21. The summed E-state index contributed by atoms with van der Waals surface area (Å²) >= 11 is 0. The smallest absolute Gasteiger partial charge is 0.485 e. The standard InChI is InChI=1S/C19H17P.CHF3O3S/c1-4-10-16(11-5-1)19(17-12-6-2-7-13-17)20-18-14-8-3-9-15-18;2-1(3,4)8(5,6)7/h1-15,19-20H;(H,5,6,7). The Kier molecular flexibility index (Phi) is 7.75. The second-order valence-electron chi connectivity index (χ2n) is 5.78. The van der Waals surface area contributed by atoms with Crippen LogP contribution in [0.15, 0.2) is 91.0 Å². The average molecular weight is 426 g/mol. The molecule has 0 aromatic heterocycles. The molecule has 0 aliphatic carbocycles. The van der Waals surface area contributed by atoms with Crippen molar-refractivity contribution in [3.05, 3.63) is 102 Å². The zero-order valence-corrected chi connectivity index (χ0v) is 16.6. The molecule has 3 aromatic carbocycles. The van der Waals surface area contributed by atoms with Gasteiger partial charge in [-0.2, -0.15) is 13.2 Å². The molecular formula is C20H18F3O3PS. The van der Waals surface area contributed by atoms with E-state index < -0.39 is 15.6 Å². The van der Waals surface area contributed by atoms with Crippen LogP contribution in [0.25, 0.3) is 0 Å². The van der Waals surface area contributed by atoms with Gasteiger partial charge in [0.1, 0.15) is 5.66 Å². The molecule has 0 spiro atoms. The van der Waals surface area contributed by atoms with Crippen molar-refractivity contribution in [2.24, 2.45) is 0 Å². The van der Waals surface area contributed by atoms with E-state index in [1.807, 2.05) is 0 Å². The number of hydrogen-bond acceptors (Lipinski definition) is 3. The number of alkyl halides is 3. The van der Waals surface area contributed by atoms with E-state index in [-0.39, 0.29) is 8.58 Å². The summed E-state index contributed by atoms with van der Waals surface area (Å²) in [6.45, 7) is 0. The third-order valence-electron chi connectivity index (χ3n) is 3.76. The minimum atomic E-state index is -6.09. The fourth-order valence-corrected chi connectivity index (χ4v) is 4.12. The van der Waals surface area contributed by atoms with Crippen LogP contribution in [0.3, 0.4) is 0 Å². The summed E-state index contributed by atoms with van der Waals surface area (Å²) in [5.41, 5.74) is -2.32. The Morgan fingerprint density at radius 2 is 1.04 bits per heavy atom. The Bertz CT molecular complexity index is 909. The summed E-state index contributed by atoms with van der Waals surface area (Å²) in [5, 5.41) is 1.46. The summed E-state index contributed by atoms with van der Waals surface area (Å²) < 4.78 is 58.9. The van der Waals surface area contributed by atoms with Crippen LogP contribution in [0.5, 0.6) is 0 Å². The van der Waals surface area contributed by atoms with Crippen LogP contribution in [0.2, 0.25) is 0 Å². The predicted octanol–water partition coefficient (Wildman–Crippen LogP) is 4.56. The van der Waals surface area contributed by atoms with Crippen molar-refractivity contribution in [3.63, 3.8) is 0 Å². The molecule has 28 heavy (non-hydrogen) atoms. The number of hydrogen-bond donors (Lipinski definition) is 0. The SMILES string of the molecule is O=S(=O)([O-])C(F)(F)F.c1ccc([PH2+]C(c2ccccc2)c2ccccc2)cc1. The first-order chi connectivity index (χ1) is 13.2. The third-order valence-corrected chi connectivity index (χ3v) is 6.20. The minimum Gasteiger partial charge on any atom is -0.741 e. The quantitative estimate of drug-likeness (QED) is 0.349. The molecule has 0 saturated carbocycles. The highest BCUT2D eigenvalue weighted by atomic mass is 32.2. The molecule has 0 N–H and O–H groups in total. The molecule has 1 atom stereocenters. The molecule has 0 aliphatic heterocycles. The molecule has 3 rings (SSSR count). The lowest BCUT2D eigenvalue weighted by Gasteiger charge is -2.12. The van der Waals surface area contributed by atoms with E-state index in [4.69, 9.17) is 13.0 Å². The van der Waals surface area contributed by atoms with E-state index in [2.05, 4.69) is 91.0 Å². The van der Waals surface area contributed by atoms with Gasteiger partial charge in [0.05, 0.1) is 5.30 Å². The molecule has 0 bridgehead atoms. The molecule has 0 amide bonds. The number of rotatable bonds is 4. The largest absolute Gasteiger partial charge is 0.741 e. The van der Waals surface area contributed by atoms with E-state index in [1.54, 1.807) is 0 Å². The van der Waals surface area contributed by atoms with E-state index in [0.717, 1.165) is 0 Å². The molecule has 0 saturated heterocycles. The van der Waals surface area contributed by atoms with Gasteiger partial charge in [-0.25, -0.2) is 8.42 Å². The van der Waals surface area contributed by atoms with E-state index in [9.17, 15) is 13.2 Å². The van der Waals surface area contributed by atoms with Crippen LogP contribution < -0.4 is 5.30 Å². The van der Waals surface area contributed by atoms with Crippen molar-refractivity contribution in [1.82, 2.24) is 0 Å². The highest BCUT2D eigenvalue weighted by Gasteiger charge is 2.36. The minimum absolute atomic E-state index is 0.178. The Hall–Kier alpha value is -2.21. The van der Waals surface area contributed by atoms with Gasteiger partial charge in [0.25, 0.3) is 0 Å². The predicted molar refractivity (Wildman–Crippen MR) is 106 cm³/mol. The van der Waals surface area contributed by atoms with Gasteiger partial charge in [-0.15, -0.1) is 0 Å². The summed E-state index contributed by atoms with van der Waals surface area (Å²) in [4.78, 5) is 0. The topological polar surface area (TPSA) is 57.2 Å². The van der Waals surface area contributed by atoms with Crippen molar-refractivity contribution >= 4 is 24.0 Å². The molecule has 1 unspecified atom stereocenters. The van der Waals surface area contributed by atoms with Gasteiger partial charge in [-0.3, -0.25) is 0 Å². The Morgan fingerprint density at radius 3 is 1.36 bits per heavy atom. The Labute approximate surface area is 163 Å². The zero-order chi connectivity index (χ0) is 20.6. The van der Waals surface area contributed by atoms with Crippen LogP contribution in [-0.4, -0.2) is 18.5 Å². The summed E-state index contributed by atoms with van der Waals surface area (Å²) in [5.74, 6) is 0. The summed E-state index contributed by atoms with van der Waals surface area (Å²) in [6, 6.07) is 32.5. The maximum atomic E-state index is 10.7. The maximum Gasteiger partial charge on any atom is 0.485 e. The second-order valence-corrected chi connectivity index (χ2v) is 8.81. The summed E-state index contributed by atoms with van der Waals surface area (Å²) in [6.07, 6.45) is 0. The van der Waals surface area contributed by atoms with Gasteiger partial charge in [-0.1, -0.05) is 78.9 Å². The van der Waals surface area contributed by atoms with Crippen LogP contribution in [0.1, 0.15) is 16.8 Å². The maximum absolute atomic E-state index is 10.7. The molecule has 0 aliphatic rings. The first kappa shape index (κ1) is 22.1. The van der Waals surface area contributed by atoms with E-state index in [1.165, 1.54) is 16.4 Å². The van der Waals surface area contributed by atoms with Crippen LogP contribution in [-0.2, 0) is 10.1 Å². The Morgan fingerprint density at radius 1 is 0.714 bits per heavy atom. The average Bonchev–Trinajstić information content (AvgIpc) is 2.67. The highest BCUT2D eigenvalue weighted by Crippen LogP contribution is 2.39. The van der Waals surface area contributed by atoms with Crippen LogP contribution >= 0.6 is 8.58 Å². The van der Waals surface area contributed by atoms with Crippen molar-refractivity contribution in [1.29, 1.82) is 0 Å². The Balaban J connectivity index is 0.000000300. The fourth-order valence-electron chi connectivity index (χ4n) is 2.46. The van der Waals surface area contributed by atoms with Crippen molar-refractivity contribution < 1.29 is 26.1 Å². The van der Waals surface area contributed by atoms with Gasteiger partial charge in [0.15, 0.2) is 10.1 Å². The highest BCUT2D eigenvalue weighted by molar-refractivity contribution is 7.86.